The Kier molecular flexibility index (Phi) is 23.1. The summed E-state index contributed by atoms with van der Waals surface area (Å²) < 4.78 is 26.5. The van der Waals surface area contributed by atoms with Gasteiger partial charge in [-0.2, -0.15) is 0 Å². The fourth-order valence-corrected chi connectivity index (χ4v) is 15.5. The van der Waals surface area contributed by atoms with Gasteiger partial charge in [-0.1, -0.05) is 248 Å². The van der Waals surface area contributed by atoms with Crippen LogP contribution in [0, 0.1) is 6.92 Å². The summed E-state index contributed by atoms with van der Waals surface area (Å²) in [5, 5.41) is 82.5. The molecule has 13 aromatic carbocycles. The highest BCUT2D eigenvalue weighted by atomic mass is 32.2. The summed E-state index contributed by atoms with van der Waals surface area (Å²) in [6.07, 6.45) is 4.32. The van der Waals surface area contributed by atoms with E-state index in [9.17, 15) is 9.59 Å². The van der Waals surface area contributed by atoms with E-state index in [-0.39, 0.29) is 6.61 Å². The lowest BCUT2D eigenvalue weighted by molar-refractivity contribution is -0.140. The highest BCUT2D eigenvalue weighted by molar-refractivity contribution is 7.99. The molecule has 0 radical (unpaired) electrons. The topological polar surface area (TPSA) is 286 Å². The zero-order valence-corrected chi connectivity index (χ0v) is 61.6. The first-order valence-electron chi connectivity index (χ1n) is 35.9. The normalized spacial score (nSPS) is 16.7. The maximum absolute atomic E-state index is 11.0. The minimum atomic E-state index is -0.846. The van der Waals surface area contributed by atoms with Crippen molar-refractivity contribution < 1.29 is 69.0 Å². The van der Waals surface area contributed by atoms with Gasteiger partial charge in [-0.3, -0.25) is 4.84 Å². The third-order valence-electron chi connectivity index (χ3n) is 19.6. The van der Waals surface area contributed by atoms with Crippen LogP contribution < -0.4 is 18.9 Å². The smallest absolute Gasteiger partial charge is 0.492 e. The van der Waals surface area contributed by atoms with Gasteiger partial charge in [-0.15, -0.1) is 11.8 Å². The molecule has 5 N–H and O–H groups in total. The van der Waals surface area contributed by atoms with Crippen molar-refractivity contribution in [2.45, 2.75) is 57.3 Å². The summed E-state index contributed by atoms with van der Waals surface area (Å²) in [4.78, 5) is 32.2. The predicted octanol–water partition coefficient (Wildman–Crippen LogP) is 19.0. The summed E-state index contributed by atoms with van der Waals surface area (Å²) in [6, 6.07) is 78.8. The number of carbonyl (C=O) groups is 2. The highest BCUT2D eigenvalue weighted by Gasteiger charge is 2.28. The second kappa shape index (κ2) is 34.5. The van der Waals surface area contributed by atoms with E-state index in [4.69, 9.17) is 45.0 Å². The van der Waals surface area contributed by atoms with E-state index in [1.54, 1.807) is 0 Å². The molecule has 556 valence electrons. The molecule has 0 fully saturated rings. The number of methoxy groups -OCH3 is 1. The number of aryl methyl sites for hydroxylation is 3. The quantitative estimate of drug-likeness (QED) is 0.0465. The lowest BCUT2D eigenvalue weighted by Crippen LogP contribution is -2.16. The van der Waals surface area contributed by atoms with Crippen LogP contribution >= 0.6 is 11.8 Å². The lowest BCUT2D eigenvalue weighted by Gasteiger charge is -2.19. The molecule has 2 aliphatic carbocycles. The summed E-state index contributed by atoms with van der Waals surface area (Å²) in [5.41, 5.74) is 15.8. The third kappa shape index (κ3) is 16.2. The minimum absolute atomic E-state index is 0.278. The van der Waals surface area contributed by atoms with Crippen molar-refractivity contribution in [1.82, 2.24) is 0 Å². The Bertz CT molecular complexity index is 5970. The minimum Gasteiger partial charge on any atom is -0.492 e. The van der Waals surface area contributed by atoms with Gasteiger partial charge in [0.05, 0.1) is 47.7 Å². The number of hydrogen-bond acceptors (Lipinski definition) is 22. The van der Waals surface area contributed by atoms with Crippen LogP contribution in [0.15, 0.2) is 278 Å². The standard InChI is InChI=1S/C14H11NO4.C14H11NO3.C14H13NO.C13H11NO2.C13H11NO.C12H9NO2.C9H9NOS/c1-17-14(16)19-15-11-8-18-12-7-6-9-4-2-3-5-10(9)13(11)12;1-9(16)18-15-13-8-17-14-11-5-3-2-4-10(11)6-7-12(13)14;1-9-2-6-12-11(8-9)4-3-10-5-7-13(15-16)14(10)12;15-14-11-7-8-16-12-6-5-9-3-1-2-4-10(9)13(11)12;15-14-13-8-7-11-10-4-2-1-3-9(10)5-6-12(11)13;14-13-10-7-15-11-6-5-8-3-1-2-4-9(8)12(10)11;11-10-8-5-6-12-9-4-2-1-3-7(8)9/h2-7H,8H2,1H3;2-7H,8H2,1H3;2-4,6,8,16H,5,7H2,1H3;1-6,15H,7-8H2;1-6,15H,7-8H2;1-6,14H,7H2;1-4,11H,5-6H2/b15-11+;2*15-13+;14-11+;14-13+;13-10+;10-8+. The Morgan fingerprint density at radius 2 is 0.847 bits per heavy atom. The summed E-state index contributed by atoms with van der Waals surface area (Å²) in [5.74, 6) is 3.72. The Morgan fingerprint density at radius 3 is 1.47 bits per heavy atom. The molecule has 0 saturated carbocycles. The number of nitrogens with zero attached hydrogens (tertiary/aromatic N) is 7. The van der Waals surface area contributed by atoms with Crippen LogP contribution in [0.25, 0.3) is 64.6 Å². The predicted molar refractivity (Wildman–Crippen MR) is 433 cm³/mol. The molecule has 111 heavy (non-hydrogen) atoms. The molecule has 0 unspecified atom stereocenters. The van der Waals surface area contributed by atoms with Crippen molar-refractivity contribution >= 4 is 129 Å². The van der Waals surface area contributed by atoms with Crippen LogP contribution in [-0.2, 0) is 32.0 Å². The Hall–Kier alpha value is -13.6. The molecule has 0 saturated heterocycles. The molecular weight excluding hydrogens is 1420 g/mol. The van der Waals surface area contributed by atoms with Crippen LogP contribution in [0.2, 0.25) is 0 Å². The number of fused-ring (bicyclic) bond motifs is 19. The fourth-order valence-electron chi connectivity index (χ4n) is 14.5. The molecule has 0 aromatic heterocycles. The summed E-state index contributed by atoms with van der Waals surface area (Å²) in [6.45, 7) is 4.94. The zero-order chi connectivity index (χ0) is 76.7. The van der Waals surface area contributed by atoms with Gasteiger partial charge >= 0.3 is 12.1 Å². The maximum atomic E-state index is 11.0. The molecule has 0 atom stereocenters. The lowest BCUT2D eigenvalue weighted by atomic mass is 9.97. The van der Waals surface area contributed by atoms with Gasteiger partial charge in [0.15, 0.2) is 0 Å². The molecule has 5 aliphatic heterocycles. The van der Waals surface area contributed by atoms with Crippen molar-refractivity contribution in [3.8, 4) is 23.0 Å². The number of oxime groups is 7. The van der Waals surface area contributed by atoms with Gasteiger partial charge < -0.3 is 54.6 Å². The number of ether oxygens (including phenoxy) is 5. The van der Waals surface area contributed by atoms with E-state index in [1.807, 2.05) is 182 Å². The van der Waals surface area contributed by atoms with Gasteiger partial charge in [-0.25, -0.2) is 9.59 Å². The molecule has 21 nitrogen and oxygen atoms in total. The van der Waals surface area contributed by atoms with Crippen LogP contribution in [0.1, 0.15) is 88.2 Å². The van der Waals surface area contributed by atoms with Crippen molar-refractivity contribution in [2.24, 2.45) is 36.1 Å². The zero-order valence-electron chi connectivity index (χ0n) is 60.7. The van der Waals surface area contributed by atoms with Gasteiger partial charge in [0.2, 0.25) is 0 Å². The van der Waals surface area contributed by atoms with Crippen LogP contribution in [-0.4, -0.2) is 117 Å². The first kappa shape index (κ1) is 74.3. The molecule has 0 amide bonds. The SMILES string of the molecule is CC(=O)O/N=C1\COc2c1ccc1ccccc21.COC(=O)O/N=C1\COc2ccc3ccccc3c21.Cc1ccc2c3c(ccc2c1)CC/C3=N\O.O/N=C1\CCOc2ccc3ccccc3c21.O/N=C1\CCSc2ccccc21.O/N=C1\CCc2c1ccc1ccccc21.O/N=C1\COc2ccc3ccccc3c21. The number of thioether (sulfide) groups is 1. The molecular formula is C89H75N7O14S. The Morgan fingerprint density at radius 1 is 0.378 bits per heavy atom. The van der Waals surface area contributed by atoms with Crippen molar-refractivity contribution in [1.29, 1.82) is 0 Å². The maximum Gasteiger partial charge on any atom is 0.534 e. The van der Waals surface area contributed by atoms with Gasteiger partial charge in [-0.05, 0) is 133 Å². The van der Waals surface area contributed by atoms with E-state index in [2.05, 4.69) is 124 Å². The first-order valence-corrected chi connectivity index (χ1v) is 36.9. The molecule has 0 bridgehead atoms. The number of benzene rings is 13. The van der Waals surface area contributed by atoms with Crippen molar-refractivity contribution in [3.05, 3.63) is 292 Å². The van der Waals surface area contributed by atoms with Gasteiger partial charge in [0.25, 0.3) is 0 Å². The van der Waals surface area contributed by atoms with Gasteiger partial charge in [0.1, 0.15) is 60.0 Å². The molecule has 7 aliphatic rings. The van der Waals surface area contributed by atoms with E-state index >= 15 is 0 Å². The van der Waals surface area contributed by atoms with E-state index < -0.39 is 12.1 Å². The molecule has 13 aromatic rings. The molecule has 22 heteroatoms. The van der Waals surface area contributed by atoms with Crippen molar-refractivity contribution in [2.75, 3.05) is 39.3 Å². The van der Waals surface area contributed by atoms with E-state index in [0.717, 1.165) is 160 Å². The molecule has 20 rings (SSSR count). The Labute approximate surface area is 641 Å². The monoisotopic (exact) mass is 1500 g/mol. The molecule has 0 spiro atoms. The van der Waals surface area contributed by atoms with E-state index in [0.29, 0.717) is 49.1 Å². The fraction of sp³-hybridized carbons (Fsp3) is 0.157. The Balaban J connectivity index is 0.000000108. The average molecular weight is 1500 g/mol. The highest BCUT2D eigenvalue weighted by Crippen LogP contribution is 2.39. The average Bonchev–Trinajstić information content (AvgIpc) is 1.72. The second-order valence-electron chi connectivity index (χ2n) is 26.3. The largest absolute Gasteiger partial charge is 0.534 e. The number of hydrogen-bond donors (Lipinski definition) is 5. The number of carbonyl (C=O) groups excluding carboxylic acids is 2. The van der Waals surface area contributed by atoms with Gasteiger partial charge in [0, 0.05) is 63.6 Å². The first-order chi connectivity index (χ1) is 54.4. The summed E-state index contributed by atoms with van der Waals surface area (Å²) in [7, 11) is 1.23. The second-order valence-corrected chi connectivity index (χ2v) is 27.4. The van der Waals surface area contributed by atoms with Crippen LogP contribution in [0.5, 0.6) is 23.0 Å². The van der Waals surface area contributed by atoms with Crippen LogP contribution in [0.3, 0.4) is 0 Å². The number of rotatable bonds is 2. The summed E-state index contributed by atoms with van der Waals surface area (Å²) >= 11 is 1.82. The van der Waals surface area contributed by atoms with Crippen LogP contribution in [0.4, 0.5) is 4.79 Å². The third-order valence-corrected chi connectivity index (χ3v) is 20.7. The van der Waals surface area contributed by atoms with Crippen molar-refractivity contribution in [3.63, 3.8) is 0 Å². The molecule has 5 heterocycles. The van der Waals surface area contributed by atoms with E-state index in [1.165, 1.54) is 57.2 Å².